The lowest BCUT2D eigenvalue weighted by Crippen LogP contribution is -2.49. The minimum atomic E-state index is -0.0916. The van der Waals surface area contributed by atoms with Crippen molar-refractivity contribution in [3.8, 4) is 0 Å². The number of nitrogens with zero attached hydrogens (tertiary/aromatic N) is 3. The van der Waals surface area contributed by atoms with Crippen molar-refractivity contribution in [3.05, 3.63) is 40.4 Å². The lowest BCUT2D eigenvalue weighted by molar-refractivity contribution is -0.122. The van der Waals surface area contributed by atoms with E-state index in [1.807, 2.05) is 18.2 Å². The van der Waals surface area contributed by atoms with Crippen LogP contribution < -0.4 is 10.9 Å². The van der Waals surface area contributed by atoms with Crippen molar-refractivity contribution in [1.82, 2.24) is 25.1 Å². The van der Waals surface area contributed by atoms with Gasteiger partial charge in [-0.1, -0.05) is 26.0 Å². The quantitative estimate of drug-likeness (QED) is 0.800. The van der Waals surface area contributed by atoms with Crippen LogP contribution in [-0.4, -0.2) is 64.9 Å². The molecule has 0 unspecified atom stereocenters. The predicted octanol–water partition coefficient (Wildman–Crippen LogP) is 0.813. The maximum absolute atomic E-state index is 12.2. The third kappa shape index (κ3) is 4.89. The highest BCUT2D eigenvalue weighted by Gasteiger charge is 2.19. The van der Waals surface area contributed by atoms with Crippen molar-refractivity contribution in [3.63, 3.8) is 0 Å². The van der Waals surface area contributed by atoms with E-state index in [4.69, 9.17) is 0 Å². The van der Waals surface area contributed by atoms with E-state index < -0.39 is 0 Å². The van der Waals surface area contributed by atoms with Gasteiger partial charge in [0.2, 0.25) is 5.91 Å². The molecule has 2 N–H and O–H groups in total. The number of benzene rings is 1. The van der Waals surface area contributed by atoms with Crippen molar-refractivity contribution >= 4 is 16.8 Å². The first-order valence-corrected chi connectivity index (χ1v) is 9.20. The van der Waals surface area contributed by atoms with Crippen LogP contribution in [0.3, 0.4) is 0 Å². The third-order valence-electron chi connectivity index (χ3n) is 4.57. The average Bonchev–Trinajstić information content (AvgIpc) is 2.62. The number of carbonyl (C=O) groups is 1. The Hall–Kier alpha value is -2.25. The Kier molecular flexibility index (Phi) is 6.00. The highest BCUT2D eigenvalue weighted by Crippen LogP contribution is 2.09. The normalized spacial score (nSPS) is 16.3. The van der Waals surface area contributed by atoms with E-state index in [1.165, 1.54) is 0 Å². The highest BCUT2D eigenvalue weighted by molar-refractivity contribution is 5.78. The molecular weight excluding hydrogens is 330 g/mol. The standard InChI is InChI=1S/C19H27N5O2/c1-14(2)11-20-18(25)13-24-9-7-23(8-10-24)12-17-21-16-6-4-3-5-15(16)19(26)22-17/h3-6,14H,7-13H2,1-2H3,(H,20,25)(H,21,22,26). The van der Waals surface area contributed by atoms with Crippen molar-refractivity contribution in [1.29, 1.82) is 0 Å². The molecule has 2 heterocycles. The van der Waals surface area contributed by atoms with E-state index in [1.54, 1.807) is 6.07 Å². The Bertz CT molecular complexity index is 809. The van der Waals surface area contributed by atoms with Crippen LogP contribution in [0, 0.1) is 5.92 Å². The fraction of sp³-hybridized carbons (Fsp3) is 0.526. The number of nitrogens with one attached hydrogen (secondary N) is 2. The molecule has 1 aromatic heterocycles. The zero-order valence-corrected chi connectivity index (χ0v) is 15.5. The van der Waals surface area contributed by atoms with E-state index in [9.17, 15) is 9.59 Å². The summed E-state index contributed by atoms with van der Waals surface area (Å²) in [6.07, 6.45) is 0. The molecular formula is C19H27N5O2. The number of hydrogen-bond acceptors (Lipinski definition) is 5. The Balaban J connectivity index is 1.51. The number of para-hydroxylation sites is 1. The first kappa shape index (κ1) is 18.5. The van der Waals surface area contributed by atoms with Gasteiger partial charge in [-0.05, 0) is 18.1 Å². The highest BCUT2D eigenvalue weighted by atomic mass is 16.2. The van der Waals surface area contributed by atoms with Gasteiger partial charge in [-0.15, -0.1) is 0 Å². The summed E-state index contributed by atoms with van der Waals surface area (Å²) in [5.41, 5.74) is 0.637. The van der Waals surface area contributed by atoms with Gasteiger partial charge in [0, 0.05) is 32.7 Å². The number of aromatic nitrogens is 2. The summed E-state index contributed by atoms with van der Waals surface area (Å²) in [7, 11) is 0. The second-order valence-corrected chi connectivity index (χ2v) is 7.28. The summed E-state index contributed by atoms with van der Waals surface area (Å²) in [6, 6.07) is 7.38. The maximum atomic E-state index is 12.2. The molecule has 140 valence electrons. The molecule has 1 aliphatic rings. The molecule has 0 bridgehead atoms. The molecule has 0 spiro atoms. The first-order chi connectivity index (χ1) is 12.5. The number of fused-ring (bicyclic) bond motifs is 1. The van der Waals surface area contributed by atoms with Crippen molar-refractivity contribution in [2.75, 3.05) is 39.3 Å². The average molecular weight is 357 g/mol. The van der Waals surface area contributed by atoms with Crippen LogP contribution in [0.15, 0.2) is 29.1 Å². The van der Waals surface area contributed by atoms with Gasteiger partial charge in [0.05, 0.1) is 24.0 Å². The summed E-state index contributed by atoms with van der Waals surface area (Å²) in [5.74, 6) is 1.25. The number of aromatic amines is 1. The summed E-state index contributed by atoms with van der Waals surface area (Å²) in [6.45, 7) is 9.36. The lowest BCUT2D eigenvalue weighted by atomic mass is 10.2. The fourth-order valence-corrected chi connectivity index (χ4v) is 3.10. The number of rotatable bonds is 6. The zero-order valence-electron chi connectivity index (χ0n) is 15.5. The zero-order chi connectivity index (χ0) is 18.5. The topological polar surface area (TPSA) is 81.3 Å². The van der Waals surface area contributed by atoms with Gasteiger partial charge in [-0.2, -0.15) is 0 Å². The smallest absolute Gasteiger partial charge is 0.258 e. The fourth-order valence-electron chi connectivity index (χ4n) is 3.10. The number of H-pyrrole nitrogens is 1. The van der Waals surface area contributed by atoms with Crippen LogP contribution in [0.2, 0.25) is 0 Å². The van der Waals surface area contributed by atoms with E-state index in [2.05, 4.69) is 38.9 Å². The molecule has 3 rings (SSSR count). The van der Waals surface area contributed by atoms with Crippen molar-refractivity contribution < 1.29 is 4.79 Å². The second kappa shape index (κ2) is 8.42. The van der Waals surface area contributed by atoms with Gasteiger partial charge in [-0.3, -0.25) is 19.4 Å². The molecule has 0 radical (unpaired) electrons. The number of amides is 1. The van der Waals surface area contributed by atoms with Gasteiger partial charge in [0.15, 0.2) is 0 Å². The van der Waals surface area contributed by atoms with Gasteiger partial charge < -0.3 is 10.3 Å². The summed E-state index contributed by atoms with van der Waals surface area (Å²) >= 11 is 0. The molecule has 1 fully saturated rings. The maximum Gasteiger partial charge on any atom is 0.258 e. The molecule has 2 aromatic rings. The first-order valence-electron chi connectivity index (χ1n) is 9.20. The monoisotopic (exact) mass is 357 g/mol. The Morgan fingerprint density at radius 1 is 1.19 bits per heavy atom. The molecule has 0 aliphatic carbocycles. The third-order valence-corrected chi connectivity index (χ3v) is 4.57. The van der Waals surface area contributed by atoms with Crippen LogP contribution in [0.5, 0.6) is 0 Å². The van der Waals surface area contributed by atoms with E-state index >= 15 is 0 Å². The van der Waals surface area contributed by atoms with Gasteiger partial charge in [0.1, 0.15) is 5.82 Å². The Morgan fingerprint density at radius 3 is 2.62 bits per heavy atom. The van der Waals surface area contributed by atoms with Crippen LogP contribution >= 0.6 is 0 Å². The second-order valence-electron chi connectivity index (χ2n) is 7.28. The molecule has 1 aromatic carbocycles. The molecule has 26 heavy (non-hydrogen) atoms. The van der Waals surface area contributed by atoms with Crippen LogP contribution in [0.1, 0.15) is 19.7 Å². The van der Waals surface area contributed by atoms with Crippen LogP contribution in [0.4, 0.5) is 0 Å². The summed E-state index contributed by atoms with van der Waals surface area (Å²) in [4.78, 5) is 36.0. The summed E-state index contributed by atoms with van der Waals surface area (Å²) in [5, 5.41) is 3.58. The van der Waals surface area contributed by atoms with Crippen molar-refractivity contribution in [2.24, 2.45) is 5.92 Å². The SMILES string of the molecule is CC(C)CNC(=O)CN1CCN(Cc2nc3ccccc3c(=O)[nH]2)CC1. The molecule has 1 amide bonds. The number of hydrogen-bond donors (Lipinski definition) is 2. The van der Waals surface area contributed by atoms with Gasteiger partial charge in [0.25, 0.3) is 5.56 Å². The van der Waals surface area contributed by atoms with Gasteiger partial charge >= 0.3 is 0 Å². The molecule has 7 heteroatoms. The van der Waals surface area contributed by atoms with E-state index in [-0.39, 0.29) is 11.5 Å². The minimum absolute atomic E-state index is 0.0904. The minimum Gasteiger partial charge on any atom is -0.355 e. The molecule has 0 atom stereocenters. The van der Waals surface area contributed by atoms with E-state index in [0.717, 1.165) is 38.2 Å². The Morgan fingerprint density at radius 2 is 1.88 bits per heavy atom. The molecule has 1 aliphatic heterocycles. The summed E-state index contributed by atoms with van der Waals surface area (Å²) < 4.78 is 0. The molecule has 7 nitrogen and oxygen atoms in total. The van der Waals surface area contributed by atoms with Crippen LogP contribution in [0.25, 0.3) is 10.9 Å². The number of piperazine rings is 1. The Labute approximate surface area is 153 Å². The van der Waals surface area contributed by atoms with Crippen LogP contribution in [-0.2, 0) is 11.3 Å². The molecule has 0 saturated carbocycles. The van der Waals surface area contributed by atoms with Gasteiger partial charge in [-0.25, -0.2) is 4.98 Å². The lowest BCUT2D eigenvalue weighted by Gasteiger charge is -2.33. The predicted molar refractivity (Wildman–Crippen MR) is 102 cm³/mol. The van der Waals surface area contributed by atoms with Crippen molar-refractivity contribution in [2.45, 2.75) is 20.4 Å². The number of carbonyl (C=O) groups excluding carboxylic acids is 1. The largest absolute Gasteiger partial charge is 0.355 e. The van der Waals surface area contributed by atoms with E-state index in [0.29, 0.717) is 30.2 Å². The molecule has 1 saturated heterocycles.